The van der Waals surface area contributed by atoms with Crippen LogP contribution in [0.4, 0.5) is 5.69 Å². The summed E-state index contributed by atoms with van der Waals surface area (Å²) in [4.78, 5) is 24.0. The van der Waals surface area contributed by atoms with Crippen molar-refractivity contribution in [1.29, 1.82) is 0 Å². The van der Waals surface area contributed by atoms with Gasteiger partial charge in [0.05, 0.1) is 18.1 Å². The lowest BCUT2D eigenvalue weighted by Crippen LogP contribution is -2.33. The predicted octanol–water partition coefficient (Wildman–Crippen LogP) is 4.98. The standard InChI is InChI=1S/C26H17NO5/c1-30-21-8-4-5-15-9-11-20-24(23(15)21)31-22-13-16(27-14-28)10-12-19(22)26(20)18-7-3-2-6-17(18)25(29)32-26/h2-14H,1H3,(H,27,28). The average Bonchev–Trinajstić information content (AvgIpc) is 3.12. The molecule has 1 unspecified atom stereocenters. The molecule has 2 aliphatic heterocycles. The highest BCUT2D eigenvalue weighted by Crippen LogP contribution is 2.58. The number of benzene rings is 4. The number of rotatable bonds is 3. The number of nitrogens with one attached hydrogen (secondary N) is 1. The summed E-state index contributed by atoms with van der Waals surface area (Å²) in [5, 5.41) is 4.37. The van der Waals surface area contributed by atoms with Crippen molar-refractivity contribution in [3.8, 4) is 17.2 Å². The van der Waals surface area contributed by atoms with Crippen molar-refractivity contribution in [2.75, 3.05) is 12.4 Å². The minimum absolute atomic E-state index is 0.394. The zero-order valence-corrected chi connectivity index (χ0v) is 17.0. The third-order valence-electron chi connectivity index (χ3n) is 6.13. The molecule has 1 atom stereocenters. The van der Waals surface area contributed by atoms with Crippen LogP contribution >= 0.6 is 0 Å². The molecule has 156 valence electrons. The zero-order valence-electron chi connectivity index (χ0n) is 17.0. The van der Waals surface area contributed by atoms with Gasteiger partial charge < -0.3 is 19.5 Å². The maximum atomic E-state index is 13.0. The van der Waals surface area contributed by atoms with Crippen LogP contribution in [0.2, 0.25) is 0 Å². The van der Waals surface area contributed by atoms with Gasteiger partial charge in [0, 0.05) is 28.4 Å². The lowest BCUT2D eigenvalue weighted by Gasteiger charge is -2.37. The fourth-order valence-electron chi connectivity index (χ4n) is 4.79. The average molecular weight is 423 g/mol. The van der Waals surface area contributed by atoms with E-state index in [9.17, 15) is 9.59 Å². The van der Waals surface area contributed by atoms with Crippen molar-refractivity contribution in [3.05, 3.63) is 95.1 Å². The molecule has 0 aliphatic carbocycles. The molecule has 2 aliphatic rings. The van der Waals surface area contributed by atoms with Gasteiger partial charge in [-0.2, -0.15) is 0 Å². The summed E-state index contributed by atoms with van der Waals surface area (Å²) in [5.74, 6) is 1.31. The van der Waals surface area contributed by atoms with E-state index in [2.05, 4.69) is 5.32 Å². The Labute approximate surface area is 183 Å². The second-order valence-electron chi connectivity index (χ2n) is 7.69. The summed E-state index contributed by atoms with van der Waals surface area (Å²) in [6, 6.07) is 22.4. The molecule has 6 rings (SSSR count). The Balaban J connectivity index is 1.75. The molecule has 6 heteroatoms. The van der Waals surface area contributed by atoms with E-state index in [0.29, 0.717) is 40.5 Å². The van der Waals surface area contributed by atoms with Crippen LogP contribution in [0.5, 0.6) is 17.2 Å². The zero-order chi connectivity index (χ0) is 21.9. The fraction of sp³-hybridized carbons (Fsp3) is 0.0769. The topological polar surface area (TPSA) is 73.9 Å². The van der Waals surface area contributed by atoms with Gasteiger partial charge >= 0.3 is 5.97 Å². The molecule has 0 aromatic heterocycles. The van der Waals surface area contributed by atoms with Crippen LogP contribution in [0.3, 0.4) is 0 Å². The van der Waals surface area contributed by atoms with Crippen molar-refractivity contribution in [2.45, 2.75) is 5.60 Å². The van der Waals surface area contributed by atoms with Gasteiger partial charge in [-0.15, -0.1) is 0 Å². The van der Waals surface area contributed by atoms with E-state index in [-0.39, 0.29) is 0 Å². The van der Waals surface area contributed by atoms with Crippen LogP contribution in [0.1, 0.15) is 27.0 Å². The van der Waals surface area contributed by atoms with E-state index in [1.807, 2.05) is 54.6 Å². The number of hydrogen-bond donors (Lipinski definition) is 1. The predicted molar refractivity (Wildman–Crippen MR) is 118 cm³/mol. The number of esters is 1. The molecule has 2 heterocycles. The van der Waals surface area contributed by atoms with Crippen molar-refractivity contribution in [3.63, 3.8) is 0 Å². The molecule has 0 fully saturated rings. The van der Waals surface area contributed by atoms with Gasteiger partial charge in [-0.3, -0.25) is 4.79 Å². The molecular formula is C26H17NO5. The Bertz CT molecular complexity index is 1440. The van der Waals surface area contributed by atoms with Crippen LogP contribution in [-0.2, 0) is 15.1 Å². The first-order valence-corrected chi connectivity index (χ1v) is 10.1. The second-order valence-corrected chi connectivity index (χ2v) is 7.69. The van der Waals surface area contributed by atoms with E-state index < -0.39 is 11.6 Å². The van der Waals surface area contributed by atoms with Crippen LogP contribution in [0.25, 0.3) is 10.8 Å². The molecule has 0 saturated carbocycles. The van der Waals surface area contributed by atoms with Crippen molar-refractivity contribution in [1.82, 2.24) is 0 Å². The molecule has 1 N–H and O–H groups in total. The summed E-state index contributed by atoms with van der Waals surface area (Å²) in [7, 11) is 1.61. The number of methoxy groups -OCH3 is 1. The normalized spacial score (nSPS) is 17.7. The van der Waals surface area contributed by atoms with Gasteiger partial charge in [-0.1, -0.05) is 36.4 Å². The molecule has 0 radical (unpaired) electrons. The molecule has 4 aromatic rings. The molecule has 1 spiro atoms. The van der Waals surface area contributed by atoms with E-state index in [1.54, 1.807) is 25.3 Å². The van der Waals surface area contributed by atoms with E-state index in [0.717, 1.165) is 21.9 Å². The summed E-state index contributed by atoms with van der Waals surface area (Å²) in [5.41, 5.74) is 2.07. The highest BCUT2D eigenvalue weighted by Gasteiger charge is 2.53. The van der Waals surface area contributed by atoms with Gasteiger partial charge in [0.15, 0.2) is 5.60 Å². The first kappa shape index (κ1) is 18.4. The molecule has 0 saturated heterocycles. The first-order chi connectivity index (χ1) is 15.7. The Morgan fingerprint density at radius 2 is 1.78 bits per heavy atom. The van der Waals surface area contributed by atoms with Crippen LogP contribution in [0.15, 0.2) is 72.8 Å². The minimum atomic E-state index is -1.18. The minimum Gasteiger partial charge on any atom is -0.496 e. The van der Waals surface area contributed by atoms with Gasteiger partial charge in [0.1, 0.15) is 17.2 Å². The molecule has 6 nitrogen and oxygen atoms in total. The van der Waals surface area contributed by atoms with Crippen molar-refractivity contribution >= 4 is 28.8 Å². The number of anilines is 1. The molecular weight excluding hydrogens is 406 g/mol. The van der Waals surface area contributed by atoms with Crippen molar-refractivity contribution in [2.24, 2.45) is 0 Å². The van der Waals surface area contributed by atoms with E-state index >= 15 is 0 Å². The quantitative estimate of drug-likeness (QED) is 0.371. The number of ether oxygens (including phenoxy) is 3. The van der Waals surface area contributed by atoms with Gasteiger partial charge in [0.2, 0.25) is 6.41 Å². The van der Waals surface area contributed by atoms with Gasteiger partial charge in [-0.25, -0.2) is 4.79 Å². The number of carbonyl (C=O) groups is 2. The molecule has 0 bridgehead atoms. The molecule has 1 amide bonds. The SMILES string of the molecule is COc1cccc2ccc3c(c12)Oc1cc(NC=O)ccc1C31OC(=O)c2ccccc21. The Morgan fingerprint density at radius 1 is 0.938 bits per heavy atom. The summed E-state index contributed by atoms with van der Waals surface area (Å²) in [6.07, 6.45) is 0.609. The lowest BCUT2D eigenvalue weighted by molar-refractivity contribution is -0.105. The summed E-state index contributed by atoms with van der Waals surface area (Å²) >= 11 is 0. The number of carbonyl (C=O) groups excluding carboxylic acids is 2. The molecule has 32 heavy (non-hydrogen) atoms. The highest BCUT2D eigenvalue weighted by molar-refractivity contribution is 6.00. The number of fused-ring (bicyclic) bond motifs is 8. The van der Waals surface area contributed by atoms with E-state index in [4.69, 9.17) is 14.2 Å². The largest absolute Gasteiger partial charge is 0.496 e. The summed E-state index contributed by atoms with van der Waals surface area (Å²) < 4.78 is 18.3. The molecule has 4 aromatic carbocycles. The Hall–Kier alpha value is -4.32. The monoisotopic (exact) mass is 423 g/mol. The van der Waals surface area contributed by atoms with Crippen LogP contribution in [-0.4, -0.2) is 19.5 Å². The Kier molecular flexibility index (Phi) is 3.80. The lowest BCUT2D eigenvalue weighted by atomic mass is 9.77. The third kappa shape index (κ3) is 2.29. The summed E-state index contributed by atoms with van der Waals surface area (Å²) in [6.45, 7) is 0. The number of amides is 1. The third-order valence-corrected chi connectivity index (χ3v) is 6.13. The highest BCUT2D eigenvalue weighted by atomic mass is 16.6. The fourth-order valence-corrected chi connectivity index (χ4v) is 4.79. The maximum absolute atomic E-state index is 13.0. The van der Waals surface area contributed by atoms with Crippen molar-refractivity contribution < 1.29 is 23.8 Å². The second kappa shape index (κ2) is 6.59. The van der Waals surface area contributed by atoms with Gasteiger partial charge in [0.25, 0.3) is 0 Å². The van der Waals surface area contributed by atoms with E-state index in [1.165, 1.54) is 0 Å². The smallest absolute Gasteiger partial charge is 0.340 e. The van der Waals surface area contributed by atoms with Gasteiger partial charge in [-0.05, 0) is 35.7 Å². The Morgan fingerprint density at radius 3 is 2.62 bits per heavy atom. The maximum Gasteiger partial charge on any atom is 0.340 e. The first-order valence-electron chi connectivity index (χ1n) is 10.1. The van der Waals surface area contributed by atoms with Crippen LogP contribution in [0, 0.1) is 0 Å². The number of hydrogen-bond acceptors (Lipinski definition) is 5. The van der Waals surface area contributed by atoms with Crippen LogP contribution < -0.4 is 14.8 Å².